The highest BCUT2D eigenvalue weighted by molar-refractivity contribution is 7.98. The van der Waals surface area contributed by atoms with Gasteiger partial charge in [0.05, 0.1) is 0 Å². The lowest BCUT2D eigenvalue weighted by atomic mass is 10.1. The van der Waals surface area contributed by atoms with Crippen LogP contribution in [0, 0.1) is 0 Å². The van der Waals surface area contributed by atoms with E-state index in [-0.39, 0.29) is 0 Å². The van der Waals surface area contributed by atoms with Crippen LogP contribution in [0.1, 0.15) is 25.3 Å². The number of nitrogens with one attached hydrogen (secondary N) is 2. The molecule has 0 aliphatic heterocycles. The van der Waals surface area contributed by atoms with E-state index in [1.54, 1.807) is 11.8 Å². The third-order valence-corrected chi connectivity index (χ3v) is 3.64. The maximum absolute atomic E-state index is 12.0. The second-order valence-electron chi connectivity index (χ2n) is 4.68. The van der Waals surface area contributed by atoms with Gasteiger partial charge in [-0.2, -0.15) is 11.8 Å². The predicted octanol–water partition coefficient (Wildman–Crippen LogP) is 2.97. The number of anilines is 1. The molecule has 0 heterocycles. The molecular weight excluding hydrogens is 288 g/mol. The summed E-state index contributed by atoms with van der Waals surface area (Å²) in [6, 6.07) is 6.20. The number of aryl methyl sites for hydroxylation is 1. The first-order chi connectivity index (χ1) is 10.1. The van der Waals surface area contributed by atoms with Gasteiger partial charge in [-0.05, 0) is 36.5 Å². The molecule has 0 spiro atoms. The van der Waals surface area contributed by atoms with Crippen LogP contribution in [0.5, 0.6) is 0 Å². The smallest absolute Gasteiger partial charge is 0.326 e. The van der Waals surface area contributed by atoms with Gasteiger partial charge in [0.2, 0.25) is 0 Å². The van der Waals surface area contributed by atoms with Crippen LogP contribution in [0.2, 0.25) is 0 Å². The summed E-state index contributed by atoms with van der Waals surface area (Å²) in [5.41, 5.74) is 1.77. The molecule has 1 atom stereocenters. The summed E-state index contributed by atoms with van der Waals surface area (Å²) in [6.07, 6.45) is 4.15. The summed E-state index contributed by atoms with van der Waals surface area (Å²) in [7, 11) is 0. The maximum atomic E-state index is 12.0. The number of thioether (sulfide) groups is 1. The Kier molecular flexibility index (Phi) is 7.68. The molecule has 0 fully saturated rings. The fourth-order valence-corrected chi connectivity index (χ4v) is 2.41. The minimum atomic E-state index is -1.01. The zero-order valence-corrected chi connectivity index (χ0v) is 13.2. The van der Waals surface area contributed by atoms with Crippen molar-refractivity contribution in [1.82, 2.24) is 5.32 Å². The van der Waals surface area contributed by atoms with Crippen molar-refractivity contribution in [2.75, 3.05) is 17.3 Å². The fourth-order valence-electron chi connectivity index (χ4n) is 1.94. The molecule has 116 valence electrons. The van der Waals surface area contributed by atoms with Gasteiger partial charge in [-0.25, -0.2) is 9.59 Å². The number of carboxylic acids is 1. The molecule has 1 rings (SSSR count). The largest absolute Gasteiger partial charge is 0.480 e. The van der Waals surface area contributed by atoms with Crippen LogP contribution in [0.15, 0.2) is 24.3 Å². The maximum Gasteiger partial charge on any atom is 0.326 e. The zero-order chi connectivity index (χ0) is 15.7. The Hall–Kier alpha value is -1.69. The van der Waals surface area contributed by atoms with Crippen molar-refractivity contribution < 1.29 is 14.7 Å². The van der Waals surface area contributed by atoms with E-state index in [9.17, 15) is 9.59 Å². The first-order valence-corrected chi connectivity index (χ1v) is 8.35. The van der Waals surface area contributed by atoms with Crippen LogP contribution in [-0.4, -0.2) is 35.2 Å². The number of carbonyl (C=O) groups is 2. The molecule has 5 nitrogen and oxygen atoms in total. The van der Waals surface area contributed by atoms with Crippen molar-refractivity contribution in [2.45, 2.75) is 32.2 Å². The molecular formula is C15H22N2O3S. The molecule has 0 unspecified atom stereocenters. The highest BCUT2D eigenvalue weighted by Gasteiger charge is 2.19. The number of carboxylic acid groups (broad SMARTS) is 1. The normalized spacial score (nSPS) is 11.7. The summed E-state index contributed by atoms with van der Waals surface area (Å²) in [4.78, 5) is 23.1. The van der Waals surface area contributed by atoms with Gasteiger partial charge in [0, 0.05) is 5.69 Å². The number of hydrogen-bond acceptors (Lipinski definition) is 3. The fraction of sp³-hybridized carbons (Fsp3) is 0.467. The van der Waals surface area contributed by atoms with E-state index < -0.39 is 18.0 Å². The van der Waals surface area contributed by atoms with Crippen molar-refractivity contribution in [3.05, 3.63) is 29.8 Å². The van der Waals surface area contributed by atoms with Gasteiger partial charge >= 0.3 is 12.0 Å². The van der Waals surface area contributed by atoms with Crippen LogP contribution in [0.4, 0.5) is 10.5 Å². The molecule has 0 aromatic heterocycles. The third kappa shape index (κ3) is 6.08. The number of para-hydroxylation sites is 1. The molecule has 1 aromatic carbocycles. The lowest BCUT2D eigenvalue weighted by molar-refractivity contribution is -0.139. The Balaban J connectivity index is 2.65. The number of amides is 2. The monoisotopic (exact) mass is 310 g/mol. The molecule has 0 saturated heterocycles. The molecule has 0 aliphatic carbocycles. The van der Waals surface area contributed by atoms with Crippen molar-refractivity contribution in [1.29, 1.82) is 0 Å². The predicted molar refractivity (Wildman–Crippen MR) is 87.0 cm³/mol. The summed E-state index contributed by atoms with van der Waals surface area (Å²) in [6.45, 7) is 2.07. The van der Waals surface area contributed by atoms with Gasteiger partial charge in [-0.15, -0.1) is 0 Å². The topological polar surface area (TPSA) is 78.4 Å². The lowest BCUT2D eigenvalue weighted by Crippen LogP contribution is -2.43. The third-order valence-electron chi connectivity index (χ3n) is 3.00. The second kappa shape index (κ2) is 9.28. The Morgan fingerprint density at radius 2 is 2.05 bits per heavy atom. The van der Waals surface area contributed by atoms with Crippen LogP contribution in [0.3, 0.4) is 0 Å². The lowest BCUT2D eigenvalue weighted by Gasteiger charge is -2.16. The van der Waals surface area contributed by atoms with Crippen LogP contribution < -0.4 is 10.6 Å². The van der Waals surface area contributed by atoms with E-state index >= 15 is 0 Å². The van der Waals surface area contributed by atoms with E-state index in [4.69, 9.17) is 5.11 Å². The summed E-state index contributed by atoms with van der Waals surface area (Å²) >= 11 is 1.55. The van der Waals surface area contributed by atoms with Crippen LogP contribution in [0.25, 0.3) is 0 Å². The average molecular weight is 310 g/mol. The Morgan fingerprint density at radius 1 is 1.33 bits per heavy atom. The average Bonchev–Trinajstić information content (AvgIpc) is 2.45. The number of urea groups is 1. The van der Waals surface area contributed by atoms with E-state index in [0.29, 0.717) is 12.2 Å². The second-order valence-corrected chi connectivity index (χ2v) is 5.66. The number of hydrogen-bond donors (Lipinski definition) is 3. The Bertz CT molecular complexity index is 480. The Labute approximate surface area is 129 Å². The number of rotatable bonds is 8. The molecule has 0 bridgehead atoms. The van der Waals surface area contributed by atoms with Crippen LogP contribution >= 0.6 is 11.8 Å². The van der Waals surface area contributed by atoms with Crippen molar-refractivity contribution in [3.63, 3.8) is 0 Å². The summed E-state index contributed by atoms with van der Waals surface area (Å²) in [5.74, 6) is -0.329. The number of carbonyl (C=O) groups excluding carboxylic acids is 1. The highest BCUT2D eigenvalue weighted by Crippen LogP contribution is 2.16. The van der Waals surface area contributed by atoms with E-state index in [1.807, 2.05) is 30.5 Å². The molecule has 0 aliphatic rings. The standard InChI is InChI=1S/C15H22N2O3S/c1-3-6-11-7-4-5-8-12(11)16-15(20)17-13(14(18)19)9-10-21-2/h4-5,7-8,13H,3,6,9-10H2,1-2H3,(H,18,19)(H2,16,17,20)/t13-/m0/s1. The minimum Gasteiger partial charge on any atom is -0.480 e. The van der Waals surface area contributed by atoms with Crippen molar-refractivity contribution >= 4 is 29.4 Å². The number of aliphatic carboxylic acids is 1. The first kappa shape index (κ1) is 17.4. The van der Waals surface area contributed by atoms with E-state index in [2.05, 4.69) is 17.6 Å². The molecule has 6 heteroatoms. The molecule has 1 aromatic rings. The molecule has 2 amide bonds. The molecule has 3 N–H and O–H groups in total. The summed E-state index contributed by atoms with van der Waals surface area (Å²) in [5, 5.41) is 14.3. The molecule has 0 radical (unpaired) electrons. The quantitative estimate of drug-likeness (QED) is 0.690. The van der Waals surface area contributed by atoms with Gasteiger partial charge in [-0.3, -0.25) is 0 Å². The van der Waals surface area contributed by atoms with Crippen LogP contribution in [-0.2, 0) is 11.2 Å². The van der Waals surface area contributed by atoms with E-state index in [1.165, 1.54) is 0 Å². The van der Waals surface area contributed by atoms with Gasteiger partial charge < -0.3 is 15.7 Å². The van der Waals surface area contributed by atoms with Gasteiger partial charge in [0.15, 0.2) is 0 Å². The van der Waals surface area contributed by atoms with Crippen molar-refractivity contribution in [3.8, 4) is 0 Å². The first-order valence-electron chi connectivity index (χ1n) is 6.95. The van der Waals surface area contributed by atoms with Gasteiger partial charge in [-0.1, -0.05) is 31.5 Å². The van der Waals surface area contributed by atoms with Gasteiger partial charge in [0.1, 0.15) is 6.04 Å². The highest BCUT2D eigenvalue weighted by atomic mass is 32.2. The Morgan fingerprint density at radius 3 is 2.67 bits per heavy atom. The molecule has 21 heavy (non-hydrogen) atoms. The molecule has 0 saturated carbocycles. The SMILES string of the molecule is CCCc1ccccc1NC(=O)N[C@@H](CCSC)C(=O)O. The van der Waals surface area contributed by atoms with Gasteiger partial charge in [0.25, 0.3) is 0 Å². The zero-order valence-electron chi connectivity index (χ0n) is 12.4. The minimum absolute atomic E-state index is 0.403. The number of benzene rings is 1. The summed E-state index contributed by atoms with van der Waals surface area (Å²) < 4.78 is 0. The van der Waals surface area contributed by atoms with E-state index in [0.717, 1.165) is 24.1 Å². The van der Waals surface area contributed by atoms with Crippen molar-refractivity contribution in [2.24, 2.45) is 0 Å².